The molecule has 0 saturated carbocycles. The van der Waals surface area contributed by atoms with Gasteiger partial charge in [-0.2, -0.15) is 0 Å². The first-order valence-electron chi connectivity index (χ1n) is 8.45. The van der Waals surface area contributed by atoms with Crippen LogP contribution in [0, 0.1) is 0 Å². The molecule has 0 bridgehead atoms. The van der Waals surface area contributed by atoms with Gasteiger partial charge >= 0.3 is 5.97 Å². The van der Waals surface area contributed by atoms with Gasteiger partial charge in [-0.25, -0.2) is 4.79 Å². The van der Waals surface area contributed by atoms with Crippen LogP contribution in [-0.4, -0.2) is 34.8 Å². The van der Waals surface area contributed by atoms with Gasteiger partial charge in [0.1, 0.15) is 4.32 Å². The van der Waals surface area contributed by atoms with Crippen LogP contribution in [0.1, 0.15) is 15.9 Å². The van der Waals surface area contributed by atoms with Crippen molar-refractivity contribution in [3.63, 3.8) is 0 Å². The topological polar surface area (TPSA) is 55.8 Å². The Labute approximate surface area is 186 Å². The number of methoxy groups -OCH3 is 1. The molecule has 5 nitrogen and oxygen atoms in total. The summed E-state index contributed by atoms with van der Waals surface area (Å²) < 4.78 is 11.9. The first-order valence-corrected chi connectivity index (χ1v) is 10.5. The molecule has 0 unspecified atom stereocenters. The minimum Gasteiger partial charge on any atom is -0.493 e. The molecular formula is C21H16BrNO4S2. The Morgan fingerprint density at radius 3 is 2.69 bits per heavy atom. The van der Waals surface area contributed by atoms with Crippen molar-refractivity contribution < 1.29 is 19.1 Å². The van der Waals surface area contributed by atoms with Gasteiger partial charge in [-0.1, -0.05) is 48.3 Å². The molecule has 3 rings (SSSR count). The van der Waals surface area contributed by atoms with Gasteiger partial charge in [0.25, 0.3) is 5.91 Å². The lowest BCUT2D eigenvalue weighted by Gasteiger charge is -2.12. The predicted octanol–water partition coefficient (Wildman–Crippen LogP) is 5.06. The number of hydrogen-bond acceptors (Lipinski definition) is 6. The molecule has 1 aliphatic rings. The number of rotatable bonds is 6. The first kappa shape index (κ1) is 21.3. The molecule has 1 aliphatic heterocycles. The lowest BCUT2D eigenvalue weighted by molar-refractivity contribution is -0.121. The van der Waals surface area contributed by atoms with E-state index in [0.717, 1.165) is 0 Å². The predicted molar refractivity (Wildman–Crippen MR) is 122 cm³/mol. The van der Waals surface area contributed by atoms with E-state index in [1.54, 1.807) is 48.6 Å². The van der Waals surface area contributed by atoms with E-state index in [0.29, 0.717) is 37.1 Å². The quantitative estimate of drug-likeness (QED) is 0.186. The zero-order chi connectivity index (χ0) is 21.0. The number of nitrogens with zero attached hydrogens (tertiary/aromatic N) is 1. The molecule has 0 aromatic heterocycles. The maximum Gasteiger partial charge on any atom is 0.343 e. The zero-order valence-electron chi connectivity index (χ0n) is 15.4. The average molecular weight is 490 g/mol. The third-order valence-electron chi connectivity index (χ3n) is 3.94. The summed E-state index contributed by atoms with van der Waals surface area (Å²) in [6.07, 6.45) is 3.35. The van der Waals surface area contributed by atoms with Crippen LogP contribution in [0.15, 0.2) is 64.5 Å². The Bertz CT molecular complexity index is 1020. The molecule has 1 fully saturated rings. The Kier molecular flexibility index (Phi) is 6.89. The summed E-state index contributed by atoms with van der Waals surface area (Å²) in [6.45, 7) is 4.01. The molecule has 2 aromatic rings. The number of carbonyl (C=O) groups excluding carboxylic acids is 2. The smallest absolute Gasteiger partial charge is 0.343 e. The highest BCUT2D eigenvalue weighted by molar-refractivity contribution is 9.10. The SMILES string of the molecule is C=CCN1C(=O)/C(=C\c2cc(Br)c(OC(=O)c3ccccc3)c(OC)c2)SC1=S. The van der Waals surface area contributed by atoms with Crippen LogP contribution in [0.4, 0.5) is 0 Å². The van der Waals surface area contributed by atoms with Crippen LogP contribution in [0.2, 0.25) is 0 Å². The summed E-state index contributed by atoms with van der Waals surface area (Å²) in [5.74, 6) is -0.0496. The van der Waals surface area contributed by atoms with Crippen molar-refractivity contribution in [3.8, 4) is 11.5 Å². The standard InChI is InChI=1S/C21H16BrNO4S2/c1-3-9-23-19(24)17(29-21(23)28)12-13-10-15(22)18(16(11-13)26-2)27-20(25)14-7-5-4-6-8-14/h3-8,10-12H,1,9H2,2H3/b17-12+. The number of hydrogen-bond donors (Lipinski definition) is 0. The third-order valence-corrected chi connectivity index (χ3v) is 5.91. The summed E-state index contributed by atoms with van der Waals surface area (Å²) in [5.41, 5.74) is 1.13. The molecular weight excluding hydrogens is 474 g/mol. The second-order valence-corrected chi connectivity index (χ2v) is 8.40. The molecule has 0 spiro atoms. The molecule has 0 atom stereocenters. The summed E-state index contributed by atoms with van der Waals surface area (Å²) in [4.78, 5) is 26.9. The van der Waals surface area contributed by atoms with E-state index in [-0.39, 0.29) is 11.7 Å². The van der Waals surface area contributed by atoms with Crippen molar-refractivity contribution in [2.75, 3.05) is 13.7 Å². The Morgan fingerprint density at radius 2 is 2.03 bits per heavy atom. The van der Waals surface area contributed by atoms with E-state index in [2.05, 4.69) is 22.5 Å². The number of benzene rings is 2. The van der Waals surface area contributed by atoms with E-state index in [1.807, 2.05) is 6.07 Å². The number of thioether (sulfide) groups is 1. The molecule has 2 aromatic carbocycles. The number of ether oxygens (including phenoxy) is 2. The minimum atomic E-state index is -0.498. The number of carbonyl (C=O) groups is 2. The molecule has 0 aliphatic carbocycles. The van der Waals surface area contributed by atoms with Crippen molar-refractivity contribution in [2.45, 2.75) is 0 Å². The van der Waals surface area contributed by atoms with E-state index in [1.165, 1.54) is 23.8 Å². The molecule has 1 amide bonds. The number of thiocarbonyl (C=S) groups is 1. The van der Waals surface area contributed by atoms with Crippen LogP contribution < -0.4 is 9.47 Å². The van der Waals surface area contributed by atoms with Gasteiger partial charge in [-0.05, 0) is 51.8 Å². The van der Waals surface area contributed by atoms with Gasteiger partial charge in [-0.3, -0.25) is 9.69 Å². The Morgan fingerprint density at radius 1 is 1.31 bits per heavy atom. The van der Waals surface area contributed by atoms with Crippen LogP contribution in [0.3, 0.4) is 0 Å². The largest absolute Gasteiger partial charge is 0.493 e. The number of amides is 1. The lowest BCUT2D eigenvalue weighted by atomic mass is 10.1. The van der Waals surface area contributed by atoms with Crippen LogP contribution in [0.25, 0.3) is 6.08 Å². The summed E-state index contributed by atoms with van der Waals surface area (Å²) in [7, 11) is 1.48. The van der Waals surface area contributed by atoms with Gasteiger partial charge in [0.2, 0.25) is 0 Å². The van der Waals surface area contributed by atoms with E-state index < -0.39 is 5.97 Å². The van der Waals surface area contributed by atoms with E-state index >= 15 is 0 Å². The number of esters is 1. The minimum absolute atomic E-state index is 0.172. The maximum atomic E-state index is 12.5. The molecule has 8 heteroatoms. The van der Waals surface area contributed by atoms with Crippen molar-refractivity contribution in [1.29, 1.82) is 0 Å². The fraction of sp³-hybridized carbons (Fsp3) is 0.0952. The van der Waals surface area contributed by atoms with Gasteiger partial charge in [0.05, 0.1) is 22.1 Å². The fourth-order valence-corrected chi connectivity index (χ4v) is 4.40. The molecule has 29 heavy (non-hydrogen) atoms. The van der Waals surface area contributed by atoms with Crippen molar-refractivity contribution in [1.82, 2.24) is 4.90 Å². The van der Waals surface area contributed by atoms with Crippen LogP contribution >= 0.6 is 39.9 Å². The highest BCUT2D eigenvalue weighted by Gasteiger charge is 2.31. The summed E-state index contributed by atoms with van der Waals surface area (Å²) in [6, 6.07) is 12.1. The summed E-state index contributed by atoms with van der Waals surface area (Å²) >= 11 is 9.91. The van der Waals surface area contributed by atoms with E-state index in [4.69, 9.17) is 21.7 Å². The first-order chi connectivity index (χ1) is 13.9. The molecule has 148 valence electrons. The van der Waals surface area contributed by atoms with Crippen molar-refractivity contribution in [3.05, 3.63) is 75.6 Å². The Balaban J connectivity index is 1.89. The molecule has 0 radical (unpaired) electrons. The highest BCUT2D eigenvalue weighted by Crippen LogP contribution is 2.39. The highest BCUT2D eigenvalue weighted by atomic mass is 79.9. The van der Waals surface area contributed by atoms with Gasteiger partial charge < -0.3 is 9.47 Å². The van der Waals surface area contributed by atoms with Gasteiger partial charge in [0.15, 0.2) is 11.5 Å². The average Bonchev–Trinajstić information content (AvgIpc) is 2.98. The van der Waals surface area contributed by atoms with Crippen LogP contribution in [0.5, 0.6) is 11.5 Å². The summed E-state index contributed by atoms with van der Waals surface area (Å²) in [5, 5.41) is 0. The maximum absolute atomic E-state index is 12.5. The van der Waals surface area contributed by atoms with Gasteiger partial charge in [-0.15, -0.1) is 6.58 Å². The second kappa shape index (κ2) is 9.39. The van der Waals surface area contributed by atoms with Crippen molar-refractivity contribution >= 4 is 62.2 Å². The third kappa shape index (κ3) is 4.77. The lowest BCUT2D eigenvalue weighted by Crippen LogP contribution is -2.27. The van der Waals surface area contributed by atoms with Crippen molar-refractivity contribution in [2.24, 2.45) is 0 Å². The van der Waals surface area contributed by atoms with Crippen LogP contribution in [-0.2, 0) is 4.79 Å². The monoisotopic (exact) mass is 489 g/mol. The molecule has 0 N–H and O–H groups in total. The molecule has 1 heterocycles. The second-order valence-electron chi connectivity index (χ2n) is 5.87. The number of halogens is 1. The molecule has 1 saturated heterocycles. The normalized spacial score (nSPS) is 15.0. The van der Waals surface area contributed by atoms with E-state index in [9.17, 15) is 9.59 Å². The zero-order valence-corrected chi connectivity index (χ0v) is 18.6. The Hall–Kier alpha value is -2.42. The van der Waals surface area contributed by atoms with Gasteiger partial charge in [0, 0.05) is 6.54 Å². The fourth-order valence-electron chi connectivity index (χ4n) is 2.59.